The van der Waals surface area contributed by atoms with Crippen LogP contribution in [0.5, 0.6) is 0 Å². The standard InChI is InChI=1S/C9H15N3O2S/c1-9(2,3)12-7(14)6(13)11-8-10-4-5-15-8/h4-5H2,1-3H3,(H,12,14)(H,10,11,13). The molecule has 0 aliphatic carbocycles. The summed E-state index contributed by atoms with van der Waals surface area (Å²) in [5.74, 6) is -0.424. The van der Waals surface area contributed by atoms with E-state index < -0.39 is 17.4 Å². The minimum Gasteiger partial charge on any atom is -0.343 e. The van der Waals surface area contributed by atoms with Crippen molar-refractivity contribution in [1.29, 1.82) is 0 Å². The molecule has 5 nitrogen and oxygen atoms in total. The zero-order chi connectivity index (χ0) is 11.5. The van der Waals surface area contributed by atoms with Crippen LogP contribution in [0.4, 0.5) is 0 Å². The number of nitrogens with one attached hydrogen (secondary N) is 2. The topological polar surface area (TPSA) is 70.6 Å². The predicted octanol–water partition coefficient (Wildman–Crippen LogP) is 0.120. The molecule has 6 heteroatoms. The second kappa shape index (κ2) is 4.65. The fourth-order valence-electron chi connectivity index (χ4n) is 0.962. The third-order valence-electron chi connectivity index (χ3n) is 1.50. The van der Waals surface area contributed by atoms with Gasteiger partial charge in [-0.05, 0) is 20.8 Å². The molecule has 0 aromatic rings. The molecule has 1 rings (SSSR count). The number of carbonyl (C=O) groups is 2. The van der Waals surface area contributed by atoms with Crippen molar-refractivity contribution in [3.8, 4) is 0 Å². The van der Waals surface area contributed by atoms with Gasteiger partial charge < -0.3 is 5.32 Å². The zero-order valence-corrected chi connectivity index (χ0v) is 9.90. The summed E-state index contributed by atoms with van der Waals surface area (Å²) in [6.45, 7) is 6.15. The molecule has 1 aliphatic rings. The summed E-state index contributed by atoms with van der Waals surface area (Å²) >= 11 is 1.44. The Morgan fingerprint density at radius 1 is 1.33 bits per heavy atom. The lowest BCUT2D eigenvalue weighted by Crippen LogP contribution is -2.48. The minimum absolute atomic E-state index is 0.404. The maximum Gasteiger partial charge on any atom is 0.315 e. The monoisotopic (exact) mass is 229 g/mol. The van der Waals surface area contributed by atoms with Crippen LogP contribution in [0.1, 0.15) is 20.8 Å². The molecule has 84 valence electrons. The Balaban J connectivity index is 2.43. The van der Waals surface area contributed by atoms with Gasteiger partial charge in [-0.1, -0.05) is 11.8 Å². The number of aliphatic imine (C=N–C) groups is 1. The van der Waals surface area contributed by atoms with Gasteiger partial charge in [-0.3, -0.25) is 19.9 Å². The van der Waals surface area contributed by atoms with Gasteiger partial charge in [0.05, 0.1) is 6.54 Å². The van der Waals surface area contributed by atoms with Crippen LogP contribution in [0.2, 0.25) is 0 Å². The molecule has 0 bridgehead atoms. The van der Waals surface area contributed by atoms with E-state index in [1.54, 1.807) is 0 Å². The lowest BCUT2D eigenvalue weighted by atomic mass is 10.1. The molecular formula is C9H15N3O2S. The minimum atomic E-state index is -0.655. The molecule has 1 aliphatic heterocycles. The number of nitrogens with zero attached hydrogens (tertiary/aromatic N) is 1. The molecule has 2 N–H and O–H groups in total. The third-order valence-corrected chi connectivity index (χ3v) is 2.39. The summed E-state index contributed by atoms with van der Waals surface area (Å²) in [6.07, 6.45) is 0. The summed E-state index contributed by atoms with van der Waals surface area (Å²) < 4.78 is 0. The summed E-state index contributed by atoms with van der Waals surface area (Å²) in [7, 11) is 0. The Bertz CT molecular complexity index is 307. The maximum atomic E-state index is 11.4. The van der Waals surface area contributed by atoms with Crippen molar-refractivity contribution < 1.29 is 9.59 Å². The van der Waals surface area contributed by atoms with Gasteiger partial charge in [-0.25, -0.2) is 0 Å². The Morgan fingerprint density at radius 3 is 2.47 bits per heavy atom. The van der Waals surface area contributed by atoms with Gasteiger partial charge in [0.25, 0.3) is 0 Å². The molecule has 15 heavy (non-hydrogen) atoms. The largest absolute Gasteiger partial charge is 0.343 e. The van der Waals surface area contributed by atoms with Crippen LogP contribution in [0, 0.1) is 0 Å². The summed E-state index contributed by atoms with van der Waals surface area (Å²) in [4.78, 5) is 26.7. The fraction of sp³-hybridized carbons (Fsp3) is 0.667. The van der Waals surface area contributed by atoms with Crippen LogP contribution in [-0.2, 0) is 9.59 Å². The van der Waals surface area contributed by atoms with E-state index in [0.717, 1.165) is 5.75 Å². The number of hydrogen-bond donors (Lipinski definition) is 2. The number of hydrogen-bond acceptors (Lipinski definition) is 4. The lowest BCUT2D eigenvalue weighted by Gasteiger charge is -2.19. The van der Waals surface area contributed by atoms with E-state index in [9.17, 15) is 9.59 Å². The highest BCUT2D eigenvalue weighted by Gasteiger charge is 2.21. The van der Waals surface area contributed by atoms with Crippen LogP contribution in [0.25, 0.3) is 0 Å². The van der Waals surface area contributed by atoms with Crippen LogP contribution in [0.3, 0.4) is 0 Å². The highest BCUT2D eigenvalue weighted by molar-refractivity contribution is 8.14. The number of thioether (sulfide) groups is 1. The van der Waals surface area contributed by atoms with Crippen molar-refractivity contribution in [2.75, 3.05) is 12.3 Å². The SMILES string of the molecule is CC(C)(C)NC(=O)C(=O)NC1=NCCS1. The van der Waals surface area contributed by atoms with Gasteiger partial charge in [0.15, 0.2) is 5.17 Å². The van der Waals surface area contributed by atoms with Crippen molar-refractivity contribution in [1.82, 2.24) is 10.6 Å². The van der Waals surface area contributed by atoms with Gasteiger partial charge in [-0.15, -0.1) is 0 Å². The van der Waals surface area contributed by atoms with Crippen molar-refractivity contribution in [2.45, 2.75) is 26.3 Å². The first-order valence-electron chi connectivity index (χ1n) is 4.69. The van der Waals surface area contributed by atoms with E-state index in [-0.39, 0.29) is 0 Å². The quantitative estimate of drug-likeness (QED) is 0.580. The molecule has 0 radical (unpaired) electrons. The Hall–Kier alpha value is -1.04. The molecule has 0 spiro atoms. The molecule has 1 heterocycles. The average molecular weight is 229 g/mol. The fourth-order valence-corrected chi connectivity index (χ4v) is 1.69. The smallest absolute Gasteiger partial charge is 0.315 e. The van der Waals surface area contributed by atoms with Crippen molar-refractivity contribution in [3.63, 3.8) is 0 Å². The van der Waals surface area contributed by atoms with Crippen molar-refractivity contribution in [3.05, 3.63) is 0 Å². The van der Waals surface area contributed by atoms with Gasteiger partial charge in [0.1, 0.15) is 0 Å². The van der Waals surface area contributed by atoms with E-state index in [1.165, 1.54) is 11.8 Å². The predicted molar refractivity (Wildman–Crippen MR) is 60.8 cm³/mol. The van der Waals surface area contributed by atoms with Crippen molar-refractivity contribution in [2.24, 2.45) is 4.99 Å². The zero-order valence-electron chi connectivity index (χ0n) is 9.09. The molecule has 2 amide bonds. The Labute approximate surface area is 93.1 Å². The average Bonchev–Trinajstić information content (AvgIpc) is 2.53. The van der Waals surface area contributed by atoms with Crippen LogP contribution in [-0.4, -0.2) is 34.8 Å². The van der Waals surface area contributed by atoms with E-state index >= 15 is 0 Å². The summed E-state index contributed by atoms with van der Waals surface area (Å²) in [5, 5.41) is 5.57. The van der Waals surface area contributed by atoms with Crippen molar-refractivity contribution >= 4 is 28.7 Å². The number of amides is 2. The van der Waals surface area contributed by atoms with Crippen LogP contribution >= 0.6 is 11.8 Å². The first-order valence-corrected chi connectivity index (χ1v) is 5.68. The molecule has 0 atom stereocenters. The van der Waals surface area contributed by atoms with Crippen LogP contribution in [0.15, 0.2) is 4.99 Å². The summed E-state index contributed by atoms with van der Waals surface area (Å²) in [6, 6.07) is 0. The highest BCUT2D eigenvalue weighted by atomic mass is 32.2. The first kappa shape index (κ1) is 12.0. The van der Waals surface area contributed by atoms with E-state index in [2.05, 4.69) is 15.6 Å². The molecule has 0 saturated carbocycles. The molecule has 0 saturated heterocycles. The van der Waals surface area contributed by atoms with Gasteiger partial charge in [-0.2, -0.15) is 0 Å². The van der Waals surface area contributed by atoms with E-state index in [0.29, 0.717) is 11.7 Å². The molecule has 0 aromatic heterocycles. The second-order valence-corrected chi connectivity index (χ2v) is 5.28. The van der Waals surface area contributed by atoms with Gasteiger partial charge in [0, 0.05) is 11.3 Å². The lowest BCUT2D eigenvalue weighted by molar-refractivity contribution is -0.139. The number of carbonyl (C=O) groups excluding carboxylic acids is 2. The van der Waals surface area contributed by atoms with Crippen LogP contribution < -0.4 is 10.6 Å². The van der Waals surface area contributed by atoms with Gasteiger partial charge >= 0.3 is 11.8 Å². The maximum absolute atomic E-state index is 11.4. The molecular weight excluding hydrogens is 214 g/mol. The second-order valence-electron chi connectivity index (χ2n) is 4.19. The van der Waals surface area contributed by atoms with E-state index in [4.69, 9.17) is 0 Å². The Kier molecular flexibility index (Phi) is 3.73. The Morgan fingerprint density at radius 2 is 2.00 bits per heavy atom. The highest BCUT2D eigenvalue weighted by Crippen LogP contribution is 2.08. The van der Waals surface area contributed by atoms with E-state index in [1.807, 2.05) is 20.8 Å². The molecule has 0 fully saturated rings. The summed E-state index contributed by atoms with van der Waals surface area (Å²) in [5.41, 5.74) is -0.404. The van der Waals surface area contributed by atoms with Gasteiger partial charge in [0.2, 0.25) is 0 Å². The number of rotatable bonds is 0. The molecule has 0 unspecified atom stereocenters. The normalized spacial score (nSPS) is 15.8. The molecule has 0 aromatic carbocycles. The number of amidine groups is 1. The first-order chi connectivity index (χ1) is 6.88. The third kappa shape index (κ3) is 4.33.